The molecule has 5 heteroatoms. The number of anilines is 1. The van der Waals surface area contributed by atoms with Gasteiger partial charge in [-0.1, -0.05) is 23.9 Å². The fourth-order valence-corrected chi connectivity index (χ4v) is 2.42. The number of nitrogens with two attached hydrogens (primary N) is 1. The van der Waals surface area contributed by atoms with E-state index in [1.54, 1.807) is 0 Å². The fraction of sp³-hybridized carbons (Fsp3) is 0.143. The van der Waals surface area contributed by atoms with Gasteiger partial charge in [0.25, 0.3) is 0 Å². The zero-order chi connectivity index (χ0) is 13.4. The summed E-state index contributed by atoms with van der Waals surface area (Å²) in [5, 5.41) is 5.25. The van der Waals surface area contributed by atoms with Crippen molar-refractivity contribution >= 4 is 23.0 Å². The van der Waals surface area contributed by atoms with Gasteiger partial charge in [-0.25, -0.2) is 9.50 Å². The molecule has 0 radical (unpaired) electrons. The molecular formula is C14H14N4S. The lowest BCUT2D eigenvalue weighted by atomic mass is 10.1. The molecule has 3 rings (SSSR count). The van der Waals surface area contributed by atoms with Crippen LogP contribution < -0.4 is 5.73 Å². The molecule has 3 aromatic rings. The van der Waals surface area contributed by atoms with Gasteiger partial charge in [-0.3, -0.25) is 0 Å². The van der Waals surface area contributed by atoms with Gasteiger partial charge in [0, 0.05) is 11.3 Å². The topological polar surface area (TPSA) is 56.2 Å². The minimum atomic E-state index is 0.746. The van der Waals surface area contributed by atoms with Crippen LogP contribution in [-0.4, -0.2) is 20.9 Å². The first kappa shape index (κ1) is 12.0. The Balaban J connectivity index is 2.24. The van der Waals surface area contributed by atoms with Crippen molar-refractivity contribution < 1.29 is 0 Å². The molecule has 2 N–H and O–H groups in total. The Morgan fingerprint density at radius 1 is 1.21 bits per heavy atom. The van der Waals surface area contributed by atoms with Gasteiger partial charge in [0.15, 0.2) is 0 Å². The van der Waals surface area contributed by atoms with Crippen molar-refractivity contribution in [1.29, 1.82) is 0 Å². The number of hydrogen-bond acceptors (Lipinski definition) is 4. The summed E-state index contributed by atoms with van der Waals surface area (Å²) in [6.07, 6.45) is 3.79. The number of rotatable bonds is 2. The highest BCUT2D eigenvalue weighted by Gasteiger charge is 2.09. The second-order valence-corrected chi connectivity index (χ2v) is 5.16. The van der Waals surface area contributed by atoms with Gasteiger partial charge < -0.3 is 5.73 Å². The predicted molar refractivity (Wildman–Crippen MR) is 79.4 cm³/mol. The number of aromatic nitrogens is 3. The normalized spacial score (nSPS) is 11.1. The minimum absolute atomic E-state index is 0.746. The van der Waals surface area contributed by atoms with Crippen LogP contribution in [0.15, 0.2) is 41.7 Å². The maximum Gasteiger partial charge on any atom is 0.207 e. The molecule has 4 nitrogen and oxygen atoms in total. The van der Waals surface area contributed by atoms with Crippen LogP contribution in [-0.2, 0) is 0 Å². The smallest absolute Gasteiger partial charge is 0.207 e. The maximum absolute atomic E-state index is 6.11. The molecule has 0 saturated carbocycles. The number of hydrogen-bond donors (Lipinski definition) is 1. The van der Waals surface area contributed by atoms with Crippen LogP contribution >= 0.6 is 11.8 Å². The molecule has 0 amide bonds. The zero-order valence-electron chi connectivity index (χ0n) is 10.8. The minimum Gasteiger partial charge on any atom is -0.398 e. The molecule has 0 aliphatic carbocycles. The van der Waals surface area contributed by atoms with Gasteiger partial charge >= 0.3 is 0 Å². The molecule has 0 unspecified atom stereocenters. The molecule has 0 spiro atoms. The molecule has 0 aliphatic heterocycles. The lowest BCUT2D eigenvalue weighted by Crippen LogP contribution is -1.99. The second-order valence-electron chi connectivity index (χ2n) is 4.39. The molecule has 0 atom stereocenters. The number of benzene rings is 1. The number of nitrogen functional groups attached to an aromatic ring is 1. The van der Waals surface area contributed by atoms with Crippen LogP contribution in [0.4, 0.5) is 5.69 Å². The largest absolute Gasteiger partial charge is 0.398 e. The number of nitrogens with zero attached hydrogens (tertiary/aromatic N) is 3. The summed E-state index contributed by atoms with van der Waals surface area (Å²) in [4.78, 5) is 4.27. The highest BCUT2D eigenvalue weighted by atomic mass is 32.2. The Kier molecular flexibility index (Phi) is 2.91. The third-order valence-corrected chi connectivity index (χ3v) is 3.60. The Hall–Kier alpha value is -2.01. The van der Waals surface area contributed by atoms with E-state index >= 15 is 0 Å². The highest BCUT2D eigenvalue weighted by Crippen LogP contribution is 2.28. The summed E-state index contributed by atoms with van der Waals surface area (Å²) < 4.78 is 1.89. The van der Waals surface area contributed by atoms with E-state index in [-0.39, 0.29) is 0 Å². The Bertz CT molecular complexity index is 748. The van der Waals surface area contributed by atoms with Gasteiger partial charge in [0.2, 0.25) is 5.16 Å². The molecule has 19 heavy (non-hydrogen) atoms. The molecule has 0 bridgehead atoms. The summed E-state index contributed by atoms with van der Waals surface area (Å²) in [5.41, 5.74) is 11.0. The maximum atomic E-state index is 6.11. The molecule has 2 aromatic heterocycles. The van der Waals surface area contributed by atoms with Crippen molar-refractivity contribution in [3.8, 4) is 11.3 Å². The second kappa shape index (κ2) is 4.59. The van der Waals surface area contributed by atoms with Crippen LogP contribution in [0.5, 0.6) is 0 Å². The monoisotopic (exact) mass is 270 g/mol. The van der Waals surface area contributed by atoms with E-state index in [0.717, 1.165) is 33.2 Å². The van der Waals surface area contributed by atoms with E-state index in [9.17, 15) is 0 Å². The van der Waals surface area contributed by atoms with E-state index in [0.29, 0.717) is 0 Å². The molecular weight excluding hydrogens is 256 g/mol. The summed E-state index contributed by atoms with van der Waals surface area (Å²) in [6, 6.07) is 10.1. The van der Waals surface area contributed by atoms with E-state index in [1.807, 2.05) is 48.2 Å². The molecule has 1 aromatic carbocycles. The predicted octanol–water partition coefficient (Wildman–Crippen LogP) is 3.01. The quantitative estimate of drug-likeness (QED) is 0.574. The van der Waals surface area contributed by atoms with Gasteiger partial charge in [-0.15, -0.1) is 5.10 Å². The van der Waals surface area contributed by atoms with Crippen LogP contribution in [0.1, 0.15) is 5.56 Å². The Morgan fingerprint density at radius 2 is 2.05 bits per heavy atom. The number of thioether (sulfide) groups is 1. The van der Waals surface area contributed by atoms with Crippen molar-refractivity contribution in [2.45, 2.75) is 12.1 Å². The summed E-state index contributed by atoms with van der Waals surface area (Å²) in [7, 11) is 0. The van der Waals surface area contributed by atoms with Gasteiger partial charge in [-0.05, 0) is 36.9 Å². The lowest BCUT2D eigenvalue weighted by molar-refractivity contribution is 0.804. The molecule has 0 fully saturated rings. The van der Waals surface area contributed by atoms with E-state index < -0.39 is 0 Å². The summed E-state index contributed by atoms with van der Waals surface area (Å²) >= 11 is 1.52. The fourth-order valence-electron chi connectivity index (χ4n) is 2.10. The van der Waals surface area contributed by atoms with Crippen molar-refractivity contribution in [2.75, 3.05) is 12.0 Å². The first-order chi connectivity index (χ1) is 9.19. The van der Waals surface area contributed by atoms with E-state index in [4.69, 9.17) is 5.73 Å². The van der Waals surface area contributed by atoms with Crippen molar-refractivity contribution in [3.63, 3.8) is 0 Å². The highest BCUT2D eigenvalue weighted by molar-refractivity contribution is 7.98. The molecule has 0 aliphatic rings. The van der Waals surface area contributed by atoms with Crippen molar-refractivity contribution in [3.05, 3.63) is 42.1 Å². The summed E-state index contributed by atoms with van der Waals surface area (Å²) in [5.74, 6) is 0. The number of aryl methyl sites for hydroxylation is 1. The van der Waals surface area contributed by atoms with Crippen molar-refractivity contribution in [2.24, 2.45) is 0 Å². The van der Waals surface area contributed by atoms with Crippen LogP contribution in [0.25, 0.3) is 16.8 Å². The average Bonchev–Trinajstić information content (AvgIpc) is 2.81. The summed E-state index contributed by atoms with van der Waals surface area (Å²) in [6.45, 7) is 2.03. The average molecular weight is 270 g/mol. The van der Waals surface area contributed by atoms with Crippen molar-refractivity contribution in [1.82, 2.24) is 14.6 Å². The standard InChI is InChI=1S/C14H14N4S/c1-9-3-5-11(12(15)7-9)13-6-4-10-8-16-14(19-2)17-18(10)13/h3-8H,15H2,1-2H3. The van der Waals surface area contributed by atoms with Gasteiger partial charge in [-0.2, -0.15) is 0 Å². The molecule has 2 heterocycles. The first-order valence-corrected chi connectivity index (χ1v) is 7.17. The van der Waals surface area contributed by atoms with E-state index in [1.165, 1.54) is 11.8 Å². The van der Waals surface area contributed by atoms with Gasteiger partial charge in [0.05, 0.1) is 17.4 Å². The molecule has 0 saturated heterocycles. The van der Waals surface area contributed by atoms with Crippen LogP contribution in [0.3, 0.4) is 0 Å². The van der Waals surface area contributed by atoms with E-state index in [2.05, 4.69) is 16.1 Å². The van der Waals surface area contributed by atoms with Gasteiger partial charge in [0.1, 0.15) is 0 Å². The Labute approximate surface area is 115 Å². The molecule has 96 valence electrons. The van der Waals surface area contributed by atoms with Crippen LogP contribution in [0, 0.1) is 6.92 Å². The third kappa shape index (κ3) is 2.06. The zero-order valence-corrected chi connectivity index (χ0v) is 11.6. The SMILES string of the molecule is CSc1ncc2ccc(-c3ccc(C)cc3N)n2n1. The lowest BCUT2D eigenvalue weighted by Gasteiger charge is -2.07. The Morgan fingerprint density at radius 3 is 2.79 bits per heavy atom. The van der Waals surface area contributed by atoms with Crippen LogP contribution in [0.2, 0.25) is 0 Å². The third-order valence-electron chi connectivity index (χ3n) is 3.04. The number of fused-ring (bicyclic) bond motifs is 1. The first-order valence-electron chi connectivity index (χ1n) is 5.94.